The van der Waals surface area contributed by atoms with Crippen LogP contribution in [0.15, 0.2) is 36.4 Å². The zero-order valence-corrected chi connectivity index (χ0v) is 14.9. The average Bonchev–Trinajstić information content (AvgIpc) is 2.59. The molecule has 0 saturated heterocycles. The smallest absolute Gasteiger partial charge is 0.262 e. The highest BCUT2D eigenvalue weighted by Crippen LogP contribution is 2.29. The highest BCUT2D eigenvalue weighted by atomic mass is 35.5. The lowest BCUT2D eigenvalue weighted by Crippen LogP contribution is -2.22. The Labute approximate surface area is 151 Å². The summed E-state index contributed by atoms with van der Waals surface area (Å²) in [5.74, 6) is 0.441. The van der Waals surface area contributed by atoms with E-state index in [1.54, 1.807) is 30.3 Å². The van der Waals surface area contributed by atoms with Gasteiger partial charge in [-0.2, -0.15) is 5.26 Å². The van der Waals surface area contributed by atoms with Crippen molar-refractivity contribution in [3.05, 3.63) is 47.0 Å². The summed E-state index contributed by atoms with van der Waals surface area (Å²) in [6.45, 7) is -0.207. The summed E-state index contributed by atoms with van der Waals surface area (Å²) in [5.41, 5.74) is 1.87. The molecular formula is C18H18ClN3O3. The van der Waals surface area contributed by atoms with Crippen LogP contribution in [0.4, 0.5) is 11.4 Å². The number of carbonyl (C=O) groups is 1. The SMILES string of the molecule is COc1cc(C#N)ccc1OCC(=O)Nc1cc(Cl)ccc1N(C)C. The number of rotatable bonds is 6. The van der Waals surface area contributed by atoms with Gasteiger partial charge >= 0.3 is 0 Å². The summed E-state index contributed by atoms with van der Waals surface area (Å²) >= 11 is 6.00. The first-order valence-electron chi connectivity index (χ1n) is 7.42. The summed E-state index contributed by atoms with van der Waals surface area (Å²) in [5, 5.41) is 12.2. The van der Waals surface area contributed by atoms with E-state index in [0.29, 0.717) is 27.8 Å². The minimum atomic E-state index is -0.336. The number of hydrogen-bond donors (Lipinski definition) is 1. The van der Waals surface area contributed by atoms with Crippen LogP contribution in [0.25, 0.3) is 0 Å². The second-order valence-corrected chi connectivity index (χ2v) is 5.81. The van der Waals surface area contributed by atoms with Crippen LogP contribution in [0.5, 0.6) is 11.5 Å². The molecule has 0 spiro atoms. The highest BCUT2D eigenvalue weighted by Gasteiger charge is 2.12. The first-order chi connectivity index (χ1) is 11.9. The summed E-state index contributed by atoms with van der Waals surface area (Å²) in [4.78, 5) is 14.1. The molecule has 0 unspecified atom stereocenters. The minimum absolute atomic E-state index is 0.207. The number of ether oxygens (including phenoxy) is 2. The predicted octanol–water partition coefficient (Wildman–Crippen LogP) is 3.30. The molecule has 25 heavy (non-hydrogen) atoms. The number of carbonyl (C=O) groups excluding carboxylic acids is 1. The van der Waals surface area contributed by atoms with Crippen LogP contribution in [0, 0.1) is 11.3 Å². The maximum Gasteiger partial charge on any atom is 0.262 e. The second-order valence-electron chi connectivity index (χ2n) is 5.37. The van der Waals surface area contributed by atoms with E-state index in [1.807, 2.05) is 31.1 Å². The molecule has 7 heteroatoms. The Bertz CT molecular complexity index is 816. The maximum atomic E-state index is 12.2. The largest absolute Gasteiger partial charge is 0.493 e. The van der Waals surface area contributed by atoms with Crippen LogP contribution in [0.2, 0.25) is 5.02 Å². The lowest BCUT2D eigenvalue weighted by atomic mass is 10.2. The molecule has 0 radical (unpaired) electrons. The summed E-state index contributed by atoms with van der Waals surface area (Å²) in [6.07, 6.45) is 0. The summed E-state index contributed by atoms with van der Waals surface area (Å²) < 4.78 is 10.7. The Kier molecular flexibility index (Phi) is 6.09. The van der Waals surface area contributed by atoms with Gasteiger partial charge in [-0.05, 0) is 30.3 Å². The van der Waals surface area contributed by atoms with Crippen molar-refractivity contribution in [2.75, 3.05) is 38.0 Å². The maximum absolute atomic E-state index is 12.2. The van der Waals surface area contributed by atoms with Gasteiger partial charge in [0.15, 0.2) is 18.1 Å². The normalized spacial score (nSPS) is 9.88. The molecule has 0 aliphatic carbocycles. The van der Waals surface area contributed by atoms with E-state index in [4.69, 9.17) is 26.3 Å². The van der Waals surface area contributed by atoms with Crippen LogP contribution in [-0.4, -0.2) is 33.7 Å². The van der Waals surface area contributed by atoms with Gasteiger partial charge in [-0.3, -0.25) is 4.79 Å². The Morgan fingerprint density at radius 2 is 2.00 bits per heavy atom. The zero-order valence-electron chi connectivity index (χ0n) is 14.2. The Balaban J connectivity index is 2.07. The molecule has 1 amide bonds. The molecule has 0 atom stereocenters. The zero-order chi connectivity index (χ0) is 18.4. The fraction of sp³-hybridized carbons (Fsp3) is 0.222. The van der Waals surface area contributed by atoms with Crippen LogP contribution in [0.3, 0.4) is 0 Å². The van der Waals surface area contributed by atoms with Crippen molar-refractivity contribution in [3.8, 4) is 17.6 Å². The molecule has 0 aromatic heterocycles. The quantitative estimate of drug-likeness (QED) is 0.856. The van der Waals surface area contributed by atoms with Crippen molar-refractivity contribution in [1.82, 2.24) is 0 Å². The molecule has 0 bridgehead atoms. The van der Waals surface area contributed by atoms with Crippen molar-refractivity contribution >= 4 is 28.9 Å². The monoisotopic (exact) mass is 359 g/mol. The number of nitrogens with zero attached hydrogens (tertiary/aromatic N) is 2. The van der Waals surface area contributed by atoms with Gasteiger partial charge < -0.3 is 19.7 Å². The molecule has 130 valence electrons. The van der Waals surface area contributed by atoms with E-state index in [0.717, 1.165) is 5.69 Å². The van der Waals surface area contributed by atoms with Crippen LogP contribution in [-0.2, 0) is 4.79 Å². The second kappa shape index (κ2) is 8.27. The molecule has 0 fully saturated rings. The molecule has 1 N–H and O–H groups in total. The third-order valence-electron chi connectivity index (χ3n) is 3.37. The third-order valence-corrected chi connectivity index (χ3v) is 3.60. The van der Waals surface area contributed by atoms with Gasteiger partial charge in [0.05, 0.1) is 30.1 Å². The molecule has 0 saturated carbocycles. The lowest BCUT2D eigenvalue weighted by Gasteiger charge is -2.18. The van der Waals surface area contributed by atoms with Gasteiger partial charge in [-0.1, -0.05) is 11.6 Å². The van der Waals surface area contributed by atoms with E-state index >= 15 is 0 Å². The molecular weight excluding hydrogens is 342 g/mol. The van der Waals surface area contributed by atoms with Gasteiger partial charge in [0.25, 0.3) is 5.91 Å². The third kappa shape index (κ3) is 4.78. The van der Waals surface area contributed by atoms with E-state index in [-0.39, 0.29) is 12.5 Å². The Morgan fingerprint density at radius 1 is 1.24 bits per heavy atom. The first kappa shape index (κ1) is 18.4. The number of halogens is 1. The van der Waals surface area contributed by atoms with Gasteiger partial charge in [0.2, 0.25) is 0 Å². The van der Waals surface area contributed by atoms with Crippen molar-refractivity contribution in [3.63, 3.8) is 0 Å². The molecule has 0 aliphatic rings. The number of amides is 1. The highest BCUT2D eigenvalue weighted by molar-refractivity contribution is 6.31. The van der Waals surface area contributed by atoms with Gasteiger partial charge in [-0.15, -0.1) is 0 Å². The number of benzene rings is 2. The molecule has 2 rings (SSSR count). The Morgan fingerprint density at radius 3 is 2.64 bits per heavy atom. The van der Waals surface area contributed by atoms with Crippen molar-refractivity contribution < 1.29 is 14.3 Å². The van der Waals surface area contributed by atoms with E-state index in [1.165, 1.54) is 7.11 Å². The van der Waals surface area contributed by atoms with Crippen LogP contribution < -0.4 is 19.7 Å². The van der Waals surface area contributed by atoms with Gasteiger partial charge in [0.1, 0.15) is 0 Å². The molecule has 6 nitrogen and oxygen atoms in total. The van der Waals surface area contributed by atoms with Crippen molar-refractivity contribution in [2.45, 2.75) is 0 Å². The van der Waals surface area contributed by atoms with E-state index < -0.39 is 0 Å². The number of methoxy groups -OCH3 is 1. The topological polar surface area (TPSA) is 74.6 Å². The van der Waals surface area contributed by atoms with Crippen molar-refractivity contribution in [2.24, 2.45) is 0 Å². The molecule has 0 heterocycles. The minimum Gasteiger partial charge on any atom is -0.493 e. The molecule has 2 aromatic carbocycles. The fourth-order valence-corrected chi connectivity index (χ4v) is 2.36. The number of hydrogen-bond acceptors (Lipinski definition) is 5. The van der Waals surface area contributed by atoms with E-state index in [9.17, 15) is 4.79 Å². The standard InChI is InChI=1S/C18H18ClN3O3/c1-22(2)15-6-5-13(19)9-14(15)21-18(23)11-25-16-7-4-12(10-20)8-17(16)24-3/h4-9H,11H2,1-3H3,(H,21,23). The van der Waals surface area contributed by atoms with Crippen LogP contribution in [0.1, 0.15) is 5.56 Å². The average molecular weight is 360 g/mol. The Hall–Kier alpha value is -2.91. The van der Waals surface area contributed by atoms with Crippen LogP contribution >= 0.6 is 11.6 Å². The van der Waals surface area contributed by atoms with E-state index in [2.05, 4.69) is 5.32 Å². The number of nitriles is 1. The van der Waals surface area contributed by atoms with Gasteiger partial charge in [0, 0.05) is 25.2 Å². The number of nitrogens with one attached hydrogen (secondary N) is 1. The predicted molar refractivity (Wildman–Crippen MR) is 97.6 cm³/mol. The lowest BCUT2D eigenvalue weighted by molar-refractivity contribution is -0.118. The fourth-order valence-electron chi connectivity index (χ4n) is 2.18. The molecule has 0 aliphatic heterocycles. The molecule has 2 aromatic rings. The summed E-state index contributed by atoms with van der Waals surface area (Å²) in [6, 6.07) is 12.0. The van der Waals surface area contributed by atoms with Crippen molar-refractivity contribution in [1.29, 1.82) is 5.26 Å². The summed E-state index contributed by atoms with van der Waals surface area (Å²) in [7, 11) is 5.22. The number of anilines is 2. The first-order valence-corrected chi connectivity index (χ1v) is 7.80. The van der Waals surface area contributed by atoms with Gasteiger partial charge in [-0.25, -0.2) is 0 Å².